The summed E-state index contributed by atoms with van der Waals surface area (Å²) in [5.74, 6) is -0.823. The van der Waals surface area contributed by atoms with Crippen LogP contribution in [0.15, 0.2) is 24.4 Å². The maximum absolute atomic E-state index is 12.0. The molecule has 0 saturated heterocycles. The topological polar surface area (TPSA) is 82.5 Å². The summed E-state index contributed by atoms with van der Waals surface area (Å²) in [6.45, 7) is 0.584. The Kier molecular flexibility index (Phi) is 4.22. The predicted molar refractivity (Wildman–Crippen MR) is 73.0 cm³/mol. The zero-order chi connectivity index (χ0) is 14.6. The van der Waals surface area contributed by atoms with E-state index in [0.717, 1.165) is 12.1 Å². The fourth-order valence-electron chi connectivity index (χ4n) is 2.26. The molecular formula is C14H19N3O3. The third-order valence-electron chi connectivity index (χ3n) is 3.81. The molecule has 0 aliphatic heterocycles. The summed E-state index contributed by atoms with van der Waals surface area (Å²) in [5, 5.41) is 11.9. The molecule has 2 amide bonds. The molecule has 0 radical (unpaired) electrons. The number of nitrogens with zero attached hydrogens (tertiary/aromatic N) is 2. The van der Waals surface area contributed by atoms with Crippen molar-refractivity contribution >= 4 is 12.0 Å². The average Bonchev–Trinajstić information content (AvgIpc) is 2.37. The van der Waals surface area contributed by atoms with Crippen LogP contribution in [0.3, 0.4) is 0 Å². The van der Waals surface area contributed by atoms with Crippen LogP contribution in [0.1, 0.15) is 25.0 Å². The molecule has 2 N–H and O–H groups in total. The number of aliphatic carboxylic acids is 1. The van der Waals surface area contributed by atoms with Crippen LogP contribution in [-0.4, -0.2) is 40.6 Å². The first-order valence-corrected chi connectivity index (χ1v) is 6.66. The lowest BCUT2D eigenvalue weighted by molar-refractivity contribution is -0.153. The zero-order valence-electron chi connectivity index (χ0n) is 11.5. The first kappa shape index (κ1) is 14.3. The summed E-state index contributed by atoms with van der Waals surface area (Å²) >= 11 is 0. The van der Waals surface area contributed by atoms with Crippen LogP contribution in [0.2, 0.25) is 0 Å². The largest absolute Gasteiger partial charge is 0.481 e. The van der Waals surface area contributed by atoms with Gasteiger partial charge < -0.3 is 15.3 Å². The first-order valence-electron chi connectivity index (χ1n) is 6.66. The Morgan fingerprint density at radius 3 is 2.70 bits per heavy atom. The molecule has 1 aliphatic rings. The van der Waals surface area contributed by atoms with Crippen LogP contribution in [-0.2, 0) is 11.3 Å². The zero-order valence-corrected chi connectivity index (χ0v) is 11.5. The number of hydrogen-bond donors (Lipinski definition) is 2. The van der Waals surface area contributed by atoms with E-state index >= 15 is 0 Å². The van der Waals surface area contributed by atoms with E-state index in [0.29, 0.717) is 19.4 Å². The molecule has 0 bridgehead atoms. The molecule has 2 rings (SSSR count). The number of carboxylic acid groups (broad SMARTS) is 1. The Bertz CT molecular complexity index is 486. The molecule has 1 heterocycles. The number of hydrogen-bond acceptors (Lipinski definition) is 3. The fraction of sp³-hybridized carbons (Fsp3) is 0.500. The van der Waals surface area contributed by atoms with Gasteiger partial charge in [-0.05, 0) is 25.0 Å². The number of carbonyl (C=O) groups excluding carboxylic acids is 1. The van der Waals surface area contributed by atoms with Crippen molar-refractivity contribution in [3.8, 4) is 0 Å². The van der Waals surface area contributed by atoms with Crippen molar-refractivity contribution in [3.63, 3.8) is 0 Å². The highest BCUT2D eigenvalue weighted by Crippen LogP contribution is 2.40. The lowest BCUT2D eigenvalue weighted by Crippen LogP contribution is -2.49. The molecule has 20 heavy (non-hydrogen) atoms. The summed E-state index contributed by atoms with van der Waals surface area (Å²) in [5.41, 5.74) is 0.0309. The number of aromatic nitrogens is 1. The Labute approximate surface area is 117 Å². The van der Waals surface area contributed by atoms with E-state index in [9.17, 15) is 14.7 Å². The van der Waals surface area contributed by atoms with Crippen LogP contribution in [0, 0.1) is 5.41 Å². The van der Waals surface area contributed by atoms with Crippen molar-refractivity contribution in [2.24, 2.45) is 5.41 Å². The van der Waals surface area contributed by atoms with Crippen LogP contribution < -0.4 is 5.32 Å². The van der Waals surface area contributed by atoms with E-state index < -0.39 is 11.4 Å². The smallest absolute Gasteiger partial charge is 0.317 e. The summed E-state index contributed by atoms with van der Waals surface area (Å²) in [6, 6.07) is 5.25. The molecule has 108 valence electrons. The molecule has 1 fully saturated rings. The maximum atomic E-state index is 12.0. The summed E-state index contributed by atoms with van der Waals surface area (Å²) in [6.07, 6.45) is 3.85. The third kappa shape index (κ3) is 3.07. The number of amides is 2. The van der Waals surface area contributed by atoms with Gasteiger partial charge in [0.25, 0.3) is 0 Å². The molecule has 0 unspecified atom stereocenters. The standard InChI is InChI=1S/C14H19N3O3/c1-17(9-11-5-2-3-8-15-11)13(20)16-10-14(12(18)19)6-4-7-14/h2-3,5,8H,4,6-7,9-10H2,1H3,(H,16,20)(H,18,19). The van der Waals surface area contributed by atoms with Gasteiger partial charge in [-0.2, -0.15) is 0 Å². The summed E-state index contributed by atoms with van der Waals surface area (Å²) < 4.78 is 0. The summed E-state index contributed by atoms with van der Waals surface area (Å²) in [7, 11) is 1.66. The van der Waals surface area contributed by atoms with E-state index in [4.69, 9.17) is 0 Å². The number of urea groups is 1. The Balaban J connectivity index is 1.84. The van der Waals surface area contributed by atoms with Gasteiger partial charge in [0.1, 0.15) is 0 Å². The normalized spacial score (nSPS) is 16.1. The molecular weight excluding hydrogens is 258 g/mol. The van der Waals surface area contributed by atoms with E-state index in [-0.39, 0.29) is 12.6 Å². The molecule has 1 aromatic heterocycles. The predicted octanol–water partition coefficient (Wildman–Crippen LogP) is 1.48. The highest BCUT2D eigenvalue weighted by Gasteiger charge is 2.44. The van der Waals surface area contributed by atoms with Crippen molar-refractivity contribution < 1.29 is 14.7 Å². The van der Waals surface area contributed by atoms with E-state index in [1.807, 2.05) is 18.2 Å². The van der Waals surface area contributed by atoms with Crippen molar-refractivity contribution in [1.82, 2.24) is 15.2 Å². The number of pyridine rings is 1. The van der Waals surface area contributed by atoms with Gasteiger partial charge >= 0.3 is 12.0 Å². The van der Waals surface area contributed by atoms with Gasteiger partial charge in [0, 0.05) is 19.8 Å². The number of nitrogens with one attached hydrogen (secondary N) is 1. The number of carbonyl (C=O) groups is 2. The van der Waals surface area contributed by atoms with Crippen molar-refractivity contribution in [1.29, 1.82) is 0 Å². The second-order valence-electron chi connectivity index (χ2n) is 5.27. The Morgan fingerprint density at radius 1 is 1.45 bits per heavy atom. The monoisotopic (exact) mass is 277 g/mol. The summed E-state index contributed by atoms with van der Waals surface area (Å²) in [4.78, 5) is 28.8. The first-order chi connectivity index (χ1) is 9.53. The maximum Gasteiger partial charge on any atom is 0.317 e. The third-order valence-corrected chi connectivity index (χ3v) is 3.81. The van der Waals surface area contributed by atoms with Gasteiger partial charge in [-0.1, -0.05) is 12.5 Å². The van der Waals surface area contributed by atoms with E-state index in [1.54, 1.807) is 13.2 Å². The lowest BCUT2D eigenvalue weighted by atomic mass is 9.69. The molecule has 0 aromatic carbocycles. The van der Waals surface area contributed by atoms with E-state index in [1.165, 1.54) is 4.90 Å². The minimum absolute atomic E-state index is 0.188. The van der Waals surface area contributed by atoms with Crippen LogP contribution >= 0.6 is 0 Å². The minimum Gasteiger partial charge on any atom is -0.481 e. The molecule has 1 aromatic rings. The number of rotatable bonds is 5. The van der Waals surface area contributed by atoms with Crippen LogP contribution in [0.4, 0.5) is 4.79 Å². The van der Waals surface area contributed by atoms with Gasteiger partial charge in [-0.3, -0.25) is 9.78 Å². The number of carboxylic acids is 1. The minimum atomic E-state index is -0.823. The SMILES string of the molecule is CN(Cc1ccccn1)C(=O)NCC1(C(=O)O)CCC1. The highest BCUT2D eigenvalue weighted by molar-refractivity contribution is 5.78. The second-order valence-corrected chi connectivity index (χ2v) is 5.27. The fourth-order valence-corrected chi connectivity index (χ4v) is 2.26. The second kappa shape index (κ2) is 5.90. The van der Waals surface area contributed by atoms with Crippen LogP contribution in [0.5, 0.6) is 0 Å². The molecule has 1 aliphatic carbocycles. The highest BCUT2D eigenvalue weighted by atomic mass is 16.4. The van der Waals surface area contributed by atoms with Crippen molar-refractivity contribution in [2.75, 3.05) is 13.6 Å². The molecule has 1 saturated carbocycles. The van der Waals surface area contributed by atoms with Gasteiger partial charge in [-0.25, -0.2) is 4.79 Å². The molecule has 0 spiro atoms. The molecule has 6 nitrogen and oxygen atoms in total. The Hall–Kier alpha value is -2.11. The van der Waals surface area contributed by atoms with Gasteiger partial charge in [0.05, 0.1) is 17.7 Å². The molecule has 6 heteroatoms. The average molecular weight is 277 g/mol. The van der Waals surface area contributed by atoms with Gasteiger partial charge in [-0.15, -0.1) is 0 Å². The van der Waals surface area contributed by atoms with Gasteiger partial charge in [0.2, 0.25) is 0 Å². The van der Waals surface area contributed by atoms with Gasteiger partial charge in [0.15, 0.2) is 0 Å². The lowest BCUT2D eigenvalue weighted by Gasteiger charge is -2.37. The quantitative estimate of drug-likeness (QED) is 0.854. The molecule has 0 atom stereocenters. The van der Waals surface area contributed by atoms with Crippen LogP contribution in [0.25, 0.3) is 0 Å². The van der Waals surface area contributed by atoms with Crippen molar-refractivity contribution in [3.05, 3.63) is 30.1 Å². The van der Waals surface area contributed by atoms with Crippen molar-refractivity contribution in [2.45, 2.75) is 25.8 Å². The Morgan fingerprint density at radius 2 is 2.20 bits per heavy atom. The van der Waals surface area contributed by atoms with E-state index in [2.05, 4.69) is 10.3 Å².